The summed E-state index contributed by atoms with van der Waals surface area (Å²) >= 11 is 1.58. The number of ether oxygens (including phenoxy) is 1. The van der Waals surface area contributed by atoms with Gasteiger partial charge >= 0.3 is 5.97 Å². The van der Waals surface area contributed by atoms with E-state index >= 15 is 0 Å². The van der Waals surface area contributed by atoms with Crippen LogP contribution in [-0.4, -0.2) is 50.7 Å². The molecule has 0 fully saturated rings. The quantitative estimate of drug-likeness (QED) is 0.461. The van der Waals surface area contributed by atoms with Gasteiger partial charge in [0.15, 0.2) is 5.16 Å². The van der Waals surface area contributed by atoms with Crippen LogP contribution in [0.25, 0.3) is 0 Å². The first kappa shape index (κ1) is 18.7. The number of carbonyl (C=O) groups is 2. The highest BCUT2D eigenvalue weighted by molar-refractivity contribution is 7.99. The molecule has 0 spiro atoms. The highest BCUT2D eigenvalue weighted by Crippen LogP contribution is 2.23. The van der Waals surface area contributed by atoms with E-state index in [4.69, 9.17) is 4.74 Å². The molecule has 132 valence electrons. The number of aromatic nitrogens is 2. The lowest BCUT2D eigenvalue weighted by Gasteiger charge is -2.28. The molecule has 1 aromatic heterocycles. The Kier molecular flexibility index (Phi) is 5.85. The maximum atomic E-state index is 12.5. The Balaban J connectivity index is 1.98. The predicted molar refractivity (Wildman–Crippen MR) is 93.1 cm³/mol. The molecule has 0 aromatic carbocycles. The fraction of sp³-hybridized carbons (Fsp3) is 0.647. The molecule has 0 bridgehead atoms. The van der Waals surface area contributed by atoms with Crippen LogP contribution in [0.3, 0.4) is 0 Å². The lowest BCUT2D eigenvalue weighted by atomic mass is 10.1. The van der Waals surface area contributed by atoms with Crippen molar-refractivity contribution in [2.24, 2.45) is 0 Å². The van der Waals surface area contributed by atoms with Gasteiger partial charge in [0, 0.05) is 31.0 Å². The number of hydrogen-bond acceptors (Lipinski definition) is 6. The van der Waals surface area contributed by atoms with Crippen molar-refractivity contribution >= 4 is 23.6 Å². The predicted octanol–water partition coefficient (Wildman–Crippen LogP) is 2.71. The topological polar surface area (TPSA) is 72.4 Å². The second-order valence-corrected chi connectivity index (χ2v) is 8.60. The molecule has 24 heavy (non-hydrogen) atoms. The van der Waals surface area contributed by atoms with E-state index in [1.54, 1.807) is 22.9 Å². The molecule has 1 aromatic rings. The van der Waals surface area contributed by atoms with Gasteiger partial charge in [0.05, 0.1) is 17.7 Å². The Morgan fingerprint density at radius 2 is 2.12 bits per heavy atom. The van der Waals surface area contributed by atoms with Gasteiger partial charge in [0.2, 0.25) is 0 Å². The Morgan fingerprint density at radius 1 is 1.42 bits per heavy atom. The van der Waals surface area contributed by atoms with Crippen molar-refractivity contribution in [3.63, 3.8) is 0 Å². The van der Waals surface area contributed by atoms with Gasteiger partial charge in [0.1, 0.15) is 5.60 Å². The molecular formula is C17H25N3O3S. The molecule has 0 saturated carbocycles. The first-order valence-electron chi connectivity index (χ1n) is 8.19. The largest absolute Gasteiger partial charge is 0.460 e. The molecule has 2 heterocycles. The van der Waals surface area contributed by atoms with Crippen molar-refractivity contribution in [3.05, 3.63) is 17.5 Å². The first-order valence-corrected chi connectivity index (χ1v) is 9.07. The molecule has 0 N–H and O–H groups in total. The van der Waals surface area contributed by atoms with E-state index in [9.17, 15) is 9.59 Å². The zero-order valence-electron chi connectivity index (χ0n) is 15.0. The number of carbonyl (C=O) groups excluding carboxylic acids is 2. The summed E-state index contributed by atoms with van der Waals surface area (Å²) in [5.41, 5.74) is 0.832. The van der Waals surface area contributed by atoms with Crippen molar-refractivity contribution in [2.45, 2.75) is 63.5 Å². The summed E-state index contributed by atoms with van der Waals surface area (Å²) in [6, 6.07) is 0. The molecular weight excluding hydrogens is 326 g/mol. The van der Waals surface area contributed by atoms with Crippen molar-refractivity contribution in [2.75, 3.05) is 13.1 Å². The van der Waals surface area contributed by atoms with Crippen LogP contribution in [0.2, 0.25) is 0 Å². The number of hydrogen-bond donors (Lipinski definition) is 0. The van der Waals surface area contributed by atoms with Gasteiger partial charge < -0.3 is 9.64 Å². The van der Waals surface area contributed by atoms with Crippen molar-refractivity contribution in [1.29, 1.82) is 0 Å². The number of rotatable bonds is 5. The SMILES string of the molecule is CC(C)Sc1ncc2c(n1)CCN(CCC(=O)OC(C)(C)C)C2=O. The summed E-state index contributed by atoms with van der Waals surface area (Å²) in [5.74, 6) is -0.401. The van der Waals surface area contributed by atoms with Crippen LogP contribution >= 0.6 is 11.8 Å². The number of amides is 1. The normalized spacial score (nSPS) is 14.8. The molecule has 6 nitrogen and oxygen atoms in total. The van der Waals surface area contributed by atoms with E-state index in [-0.39, 0.29) is 18.3 Å². The maximum Gasteiger partial charge on any atom is 0.308 e. The average Bonchev–Trinajstić information content (AvgIpc) is 2.44. The van der Waals surface area contributed by atoms with Crippen LogP contribution in [0.1, 0.15) is 57.1 Å². The smallest absolute Gasteiger partial charge is 0.308 e. The zero-order valence-corrected chi connectivity index (χ0v) is 15.8. The average molecular weight is 351 g/mol. The van der Waals surface area contributed by atoms with Crippen molar-refractivity contribution in [3.8, 4) is 0 Å². The molecule has 7 heteroatoms. The third-order valence-electron chi connectivity index (χ3n) is 3.33. The fourth-order valence-electron chi connectivity index (χ4n) is 2.38. The molecule has 1 aliphatic rings. The lowest BCUT2D eigenvalue weighted by Crippen LogP contribution is -2.40. The van der Waals surface area contributed by atoms with Crippen LogP contribution in [0.4, 0.5) is 0 Å². The lowest BCUT2D eigenvalue weighted by molar-refractivity contribution is -0.155. The maximum absolute atomic E-state index is 12.5. The minimum atomic E-state index is -0.506. The van der Waals surface area contributed by atoms with E-state index in [1.165, 1.54) is 0 Å². The molecule has 0 unspecified atom stereocenters. The van der Waals surface area contributed by atoms with Gasteiger partial charge in [-0.25, -0.2) is 9.97 Å². The van der Waals surface area contributed by atoms with Crippen LogP contribution in [0.5, 0.6) is 0 Å². The summed E-state index contributed by atoms with van der Waals surface area (Å²) in [5, 5.41) is 1.10. The monoisotopic (exact) mass is 351 g/mol. The highest BCUT2D eigenvalue weighted by Gasteiger charge is 2.27. The number of fused-ring (bicyclic) bond motifs is 1. The van der Waals surface area contributed by atoms with Crippen LogP contribution in [0, 0.1) is 0 Å². The van der Waals surface area contributed by atoms with Gasteiger partial charge in [0.25, 0.3) is 5.91 Å². The highest BCUT2D eigenvalue weighted by atomic mass is 32.2. The van der Waals surface area contributed by atoms with Crippen molar-refractivity contribution < 1.29 is 14.3 Å². The number of esters is 1. The molecule has 0 aliphatic carbocycles. The minimum Gasteiger partial charge on any atom is -0.460 e. The van der Waals surface area contributed by atoms with E-state index < -0.39 is 5.60 Å². The van der Waals surface area contributed by atoms with Gasteiger partial charge in [-0.2, -0.15) is 0 Å². The standard InChI is InChI=1S/C17H25N3O3S/c1-11(2)24-16-18-10-12-13(19-16)6-8-20(15(12)22)9-7-14(21)23-17(3,4)5/h10-11H,6-9H2,1-5H3. The van der Waals surface area contributed by atoms with Crippen molar-refractivity contribution in [1.82, 2.24) is 14.9 Å². The summed E-state index contributed by atoms with van der Waals surface area (Å²) < 4.78 is 5.28. The summed E-state index contributed by atoms with van der Waals surface area (Å²) in [6.07, 6.45) is 2.49. The summed E-state index contributed by atoms with van der Waals surface area (Å²) in [7, 11) is 0. The first-order chi connectivity index (χ1) is 11.2. The molecule has 1 aliphatic heterocycles. The Bertz CT molecular complexity index is 626. The Labute approximate surface area is 147 Å². The zero-order chi connectivity index (χ0) is 17.9. The summed E-state index contributed by atoms with van der Waals surface area (Å²) in [4.78, 5) is 34.8. The van der Waals surface area contributed by atoms with Gasteiger partial charge in [-0.1, -0.05) is 25.6 Å². The Hall–Kier alpha value is -1.63. The Morgan fingerprint density at radius 3 is 2.75 bits per heavy atom. The summed E-state index contributed by atoms with van der Waals surface area (Å²) in [6.45, 7) is 10.6. The molecule has 0 atom stereocenters. The second kappa shape index (κ2) is 7.51. The van der Waals surface area contributed by atoms with Gasteiger partial charge in [-0.3, -0.25) is 9.59 Å². The van der Waals surface area contributed by atoms with Gasteiger partial charge in [-0.05, 0) is 20.8 Å². The van der Waals surface area contributed by atoms with E-state index in [0.717, 1.165) is 5.69 Å². The molecule has 0 radical (unpaired) electrons. The second-order valence-electron chi connectivity index (χ2n) is 7.06. The van der Waals surface area contributed by atoms with Crippen LogP contribution in [0.15, 0.2) is 11.4 Å². The van der Waals surface area contributed by atoms with Crippen LogP contribution in [-0.2, 0) is 16.0 Å². The number of thioether (sulfide) groups is 1. The molecule has 1 amide bonds. The van der Waals surface area contributed by atoms with Gasteiger partial charge in [-0.15, -0.1) is 0 Å². The van der Waals surface area contributed by atoms with Crippen LogP contribution < -0.4 is 0 Å². The fourth-order valence-corrected chi connectivity index (χ4v) is 3.08. The molecule has 2 rings (SSSR count). The minimum absolute atomic E-state index is 0.110. The third-order valence-corrected chi connectivity index (χ3v) is 4.21. The van der Waals surface area contributed by atoms with E-state index in [2.05, 4.69) is 23.8 Å². The molecule has 0 saturated heterocycles. The third kappa shape index (κ3) is 5.19. The van der Waals surface area contributed by atoms with E-state index in [1.807, 2.05) is 20.8 Å². The number of nitrogens with zero attached hydrogens (tertiary/aromatic N) is 3. The van der Waals surface area contributed by atoms with E-state index in [0.29, 0.717) is 35.5 Å².